The summed E-state index contributed by atoms with van der Waals surface area (Å²) >= 11 is 0. The molecular formula is C44H65N5O10. The quantitative estimate of drug-likeness (QED) is 0.0677. The average Bonchev–Trinajstić information content (AvgIpc) is 3.18. The Morgan fingerprint density at radius 2 is 1.24 bits per heavy atom. The first kappa shape index (κ1) is 49.7. The van der Waals surface area contributed by atoms with Crippen molar-refractivity contribution in [3.05, 3.63) is 71.8 Å². The van der Waals surface area contributed by atoms with Gasteiger partial charge in [-0.3, -0.25) is 19.2 Å². The maximum absolute atomic E-state index is 14.8. The topological polar surface area (TPSA) is 207 Å². The maximum Gasteiger partial charge on any atom is 0.408 e. The molecule has 15 heteroatoms. The van der Waals surface area contributed by atoms with Crippen molar-refractivity contribution in [3.63, 3.8) is 0 Å². The van der Waals surface area contributed by atoms with Crippen LogP contribution in [-0.2, 0) is 56.0 Å². The molecule has 2 aromatic rings. The van der Waals surface area contributed by atoms with Crippen molar-refractivity contribution >= 4 is 41.7 Å². The van der Waals surface area contributed by atoms with E-state index in [2.05, 4.69) is 26.6 Å². The number of alkyl carbamates (subject to hydrolysis) is 1. The largest absolute Gasteiger partial charge is 0.467 e. The van der Waals surface area contributed by atoms with Crippen LogP contribution in [-0.4, -0.2) is 84.1 Å². The van der Waals surface area contributed by atoms with E-state index in [1.54, 1.807) is 103 Å². The van der Waals surface area contributed by atoms with Gasteiger partial charge in [-0.25, -0.2) is 14.4 Å². The van der Waals surface area contributed by atoms with Gasteiger partial charge in [0.1, 0.15) is 36.4 Å². The Balaban J connectivity index is 2.58. The summed E-state index contributed by atoms with van der Waals surface area (Å²) in [5, 5.41) is 13.3. The summed E-state index contributed by atoms with van der Waals surface area (Å²) in [6, 6.07) is 12.8. The Bertz CT molecular complexity index is 1710. The fraction of sp³-hybridized carbons (Fsp3) is 0.568. The number of methoxy groups -OCH3 is 1. The van der Waals surface area contributed by atoms with Crippen LogP contribution < -0.4 is 26.6 Å². The lowest BCUT2D eigenvalue weighted by molar-refractivity contribution is -0.168. The van der Waals surface area contributed by atoms with Crippen molar-refractivity contribution in [1.29, 1.82) is 0 Å². The van der Waals surface area contributed by atoms with Crippen LogP contribution in [0.3, 0.4) is 0 Å². The highest BCUT2D eigenvalue weighted by molar-refractivity contribution is 6.12. The van der Waals surface area contributed by atoms with E-state index in [1.807, 2.05) is 26.8 Å². The molecule has 0 spiro atoms. The molecular weight excluding hydrogens is 759 g/mol. The summed E-state index contributed by atoms with van der Waals surface area (Å²) in [4.78, 5) is 96.9. The van der Waals surface area contributed by atoms with Crippen molar-refractivity contribution in [2.45, 2.75) is 137 Å². The second-order valence-corrected chi connectivity index (χ2v) is 16.5. The second-order valence-electron chi connectivity index (χ2n) is 16.5. The van der Waals surface area contributed by atoms with Crippen molar-refractivity contribution in [3.8, 4) is 0 Å². The zero-order chi connectivity index (χ0) is 44.5. The lowest BCUT2D eigenvalue weighted by Gasteiger charge is -2.36. The number of hydrogen-bond donors (Lipinski definition) is 5. The highest BCUT2D eigenvalue weighted by Crippen LogP contribution is 2.23. The molecule has 0 saturated carbocycles. The maximum atomic E-state index is 14.8. The van der Waals surface area contributed by atoms with Gasteiger partial charge in [-0.1, -0.05) is 116 Å². The molecule has 0 bridgehead atoms. The lowest BCUT2D eigenvalue weighted by Crippen LogP contribution is -2.70. The number of amides is 5. The number of nitrogens with one attached hydrogen (secondary N) is 5. The van der Waals surface area contributed by atoms with Crippen LogP contribution >= 0.6 is 0 Å². The number of benzene rings is 2. The third kappa shape index (κ3) is 15.7. The Kier molecular flexibility index (Phi) is 19.5. The summed E-state index contributed by atoms with van der Waals surface area (Å²) in [5.74, 6) is -6.05. The molecule has 5 amide bonds. The molecule has 0 aromatic heterocycles. The smallest absolute Gasteiger partial charge is 0.408 e. The standard InChI is InChI=1S/C44H65N5O10/c1-12-29(7)35(39(53)57-11)47-36(50)32(13-2)46-40(54)44(41(55)59-43(8,9)10,25-30-20-16-14-17-21-30)49-37(51)33(24-27(3)4)45-38(52)34(28(5)6)48-42(56)58-26-31-22-18-15-19-23-31/h14-23,27-29,32-35H,12-13,24-26H2,1-11H3,(H,45,52)(H,46,54)(H,47,50)(H,48,56)(H,49,51)/t29-,32-,33-,34-,35-,44?/m0/s1. The Morgan fingerprint density at radius 1 is 0.661 bits per heavy atom. The van der Waals surface area contributed by atoms with Crippen LogP contribution in [0.15, 0.2) is 60.7 Å². The summed E-state index contributed by atoms with van der Waals surface area (Å²) in [7, 11) is 1.21. The number of esters is 2. The summed E-state index contributed by atoms with van der Waals surface area (Å²) < 4.78 is 16.1. The van der Waals surface area contributed by atoms with E-state index in [1.165, 1.54) is 7.11 Å². The second kappa shape index (κ2) is 23.2. The van der Waals surface area contributed by atoms with Gasteiger partial charge in [0.25, 0.3) is 5.91 Å². The molecule has 6 atom stereocenters. The summed E-state index contributed by atoms with van der Waals surface area (Å²) in [6.45, 7) is 17.1. The molecule has 1 unspecified atom stereocenters. The van der Waals surface area contributed by atoms with Gasteiger partial charge >= 0.3 is 18.0 Å². The first-order valence-electron chi connectivity index (χ1n) is 20.2. The van der Waals surface area contributed by atoms with Gasteiger partial charge in [0, 0.05) is 6.42 Å². The fourth-order valence-electron chi connectivity index (χ4n) is 6.04. The monoisotopic (exact) mass is 823 g/mol. The van der Waals surface area contributed by atoms with Crippen LogP contribution in [0.25, 0.3) is 0 Å². The van der Waals surface area contributed by atoms with Crippen molar-refractivity contribution < 1.29 is 47.8 Å². The van der Waals surface area contributed by atoms with Gasteiger partial charge in [0.05, 0.1) is 7.11 Å². The highest BCUT2D eigenvalue weighted by Gasteiger charge is 2.52. The van der Waals surface area contributed by atoms with E-state index >= 15 is 0 Å². The molecule has 5 N–H and O–H groups in total. The van der Waals surface area contributed by atoms with E-state index in [-0.39, 0.29) is 31.3 Å². The molecule has 0 fully saturated rings. The molecule has 59 heavy (non-hydrogen) atoms. The number of hydrogen-bond acceptors (Lipinski definition) is 10. The van der Waals surface area contributed by atoms with Gasteiger partial charge in [-0.05, 0) is 62.5 Å². The minimum Gasteiger partial charge on any atom is -0.467 e. The highest BCUT2D eigenvalue weighted by atomic mass is 16.6. The van der Waals surface area contributed by atoms with Crippen molar-refractivity contribution in [2.75, 3.05) is 7.11 Å². The van der Waals surface area contributed by atoms with Gasteiger partial charge in [0.2, 0.25) is 23.3 Å². The van der Waals surface area contributed by atoms with E-state index in [9.17, 15) is 33.6 Å². The van der Waals surface area contributed by atoms with Crippen LogP contribution in [0.5, 0.6) is 0 Å². The lowest BCUT2D eigenvalue weighted by atomic mass is 9.87. The first-order chi connectivity index (χ1) is 27.7. The molecule has 0 aliphatic carbocycles. The third-order valence-electron chi connectivity index (χ3n) is 9.55. The van der Waals surface area contributed by atoms with Crippen molar-refractivity contribution in [1.82, 2.24) is 26.6 Å². The zero-order valence-corrected chi connectivity index (χ0v) is 36.4. The molecule has 0 aliphatic rings. The minimum absolute atomic E-state index is 0.0298. The molecule has 0 saturated heterocycles. The predicted molar refractivity (Wildman–Crippen MR) is 222 cm³/mol. The fourth-order valence-corrected chi connectivity index (χ4v) is 6.04. The van der Waals surface area contributed by atoms with Crippen LogP contribution in [0.2, 0.25) is 0 Å². The minimum atomic E-state index is -2.48. The van der Waals surface area contributed by atoms with Gasteiger partial charge in [-0.15, -0.1) is 0 Å². The van der Waals surface area contributed by atoms with Gasteiger partial charge < -0.3 is 40.8 Å². The van der Waals surface area contributed by atoms with Crippen LogP contribution in [0.4, 0.5) is 4.79 Å². The summed E-state index contributed by atoms with van der Waals surface area (Å²) in [6.07, 6.45) is -0.592. The van der Waals surface area contributed by atoms with E-state index in [0.29, 0.717) is 12.0 Å². The third-order valence-corrected chi connectivity index (χ3v) is 9.55. The van der Waals surface area contributed by atoms with Gasteiger partial charge in [0.15, 0.2) is 0 Å². The zero-order valence-electron chi connectivity index (χ0n) is 36.4. The molecule has 2 aromatic carbocycles. The Labute approximate surface area is 348 Å². The Morgan fingerprint density at radius 3 is 1.73 bits per heavy atom. The van der Waals surface area contributed by atoms with E-state index < -0.39 is 89.3 Å². The molecule has 0 radical (unpaired) electrons. The van der Waals surface area contributed by atoms with E-state index in [0.717, 1.165) is 5.56 Å². The summed E-state index contributed by atoms with van der Waals surface area (Å²) in [5.41, 5.74) is -2.39. The SMILES string of the molecule is CC[C@H](NC(=O)C(Cc1ccccc1)(NC(=O)[C@H](CC(C)C)NC(=O)[C@@H](NC(=O)OCc1ccccc1)C(C)C)C(=O)OC(C)(C)C)C(=O)N[C@H](C(=O)OC)[C@@H](C)CC. The number of ether oxygens (including phenoxy) is 3. The van der Waals surface area contributed by atoms with Crippen LogP contribution in [0.1, 0.15) is 99.6 Å². The number of carbonyl (C=O) groups is 7. The number of carbonyl (C=O) groups excluding carboxylic acids is 7. The molecule has 15 nitrogen and oxygen atoms in total. The van der Waals surface area contributed by atoms with E-state index in [4.69, 9.17) is 14.2 Å². The Hall–Kier alpha value is -5.47. The molecule has 2 rings (SSSR count). The first-order valence-corrected chi connectivity index (χ1v) is 20.2. The van der Waals surface area contributed by atoms with Crippen LogP contribution in [0, 0.1) is 17.8 Å². The number of rotatable bonds is 21. The average molecular weight is 824 g/mol. The molecule has 326 valence electrons. The van der Waals surface area contributed by atoms with Gasteiger partial charge in [-0.2, -0.15) is 0 Å². The molecule has 0 heterocycles. The predicted octanol–water partition coefficient (Wildman–Crippen LogP) is 4.51. The normalized spacial score (nSPS) is 14.9. The molecule has 0 aliphatic heterocycles. The van der Waals surface area contributed by atoms with Crippen molar-refractivity contribution in [2.24, 2.45) is 17.8 Å².